The standard InChI is InChI=1S/C16H22N4/c1-12-6-4-7-15(10-12)20(9-5-8-17)16-11-18-13(2)14(3)19-16/h4,6-7,10-11H,5,8-9,17H2,1-3H3. The van der Waals surface area contributed by atoms with Gasteiger partial charge in [-0.15, -0.1) is 0 Å². The molecule has 106 valence electrons. The molecule has 0 saturated carbocycles. The summed E-state index contributed by atoms with van der Waals surface area (Å²) >= 11 is 0. The molecule has 20 heavy (non-hydrogen) atoms. The normalized spacial score (nSPS) is 10.6. The zero-order chi connectivity index (χ0) is 14.5. The van der Waals surface area contributed by atoms with E-state index in [0.29, 0.717) is 6.54 Å². The first kappa shape index (κ1) is 14.5. The molecule has 1 heterocycles. The van der Waals surface area contributed by atoms with Gasteiger partial charge in [0, 0.05) is 12.2 Å². The maximum absolute atomic E-state index is 5.65. The van der Waals surface area contributed by atoms with Crippen LogP contribution in [0.5, 0.6) is 0 Å². The number of hydrogen-bond acceptors (Lipinski definition) is 4. The summed E-state index contributed by atoms with van der Waals surface area (Å²) < 4.78 is 0. The van der Waals surface area contributed by atoms with Gasteiger partial charge in [-0.3, -0.25) is 4.98 Å². The Hall–Kier alpha value is -1.94. The fourth-order valence-electron chi connectivity index (χ4n) is 2.08. The molecule has 0 amide bonds. The van der Waals surface area contributed by atoms with Crippen molar-refractivity contribution >= 4 is 11.5 Å². The summed E-state index contributed by atoms with van der Waals surface area (Å²) in [4.78, 5) is 11.3. The van der Waals surface area contributed by atoms with Crippen molar-refractivity contribution in [2.24, 2.45) is 5.73 Å². The molecular formula is C16H22N4. The number of hydrogen-bond donors (Lipinski definition) is 1. The van der Waals surface area contributed by atoms with Crippen LogP contribution in [-0.2, 0) is 0 Å². The number of nitrogens with two attached hydrogens (primary N) is 1. The Morgan fingerprint density at radius 2 is 1.95 bits per heavy atom. The topological polar surface area (TPSA) is 55.0 Å². The molecule has 4 nitrogen and oxygen atoms in total. The van der Waals surface area contributed by atoms with Crippen molar-refractivity contribution < 1.29 is 0 Å². The van der Waals surface area contributed by atoms with Gasteiger partial charge < -0.3 is 10.6 Å². The van der Waals surface area contributed by atoms with Crippen LogP contribution in [0.25, 0.3) is 0 Å². The summed E-state index contributed by atoms with van der Waals surface area (Å²) in [5.41, 5.74) is 9.96. The highest BCUT2D eigenvalue weighted by Crippen LogP contribution is 2.24. The second-order valence-corrected chi connectivity index (χ2v) is 5.03. The summed E-state index contributed by atoms with van der Waals surface area (Å²) in [5.74, 6) is 0.882. The molecule has 1 aromatic heterocycles. The fourth-order valence-corrected chi connectivity index (χ4v) is 2.08. The van der Waals surface area contributed by atoms with E-state index >= 15 is 0 Å². The molecular weight excluding hydrogens is 248 g/mol. The van der Waals surface area contributed by atoms with E-state index in [0.717, 1.165) is 35.9 Å². The Labute approximate surface area is 120 Å². The number of benzene rings is 1. The van der Waals surface area contributed by atoms with Gasteiger partial charge >= 0.3 is 0 Å². The van der Waals surface area contributed by atoms with Gasteiger partial charge in [-0.05, 0) is 51.4 Å². The van der Waals surface area contributed by atoms with Crippen molar-refractivity contribution in [3.05, 3.63) is 47.4 Å². The van der Waals surface area contributed by atoms with Gasteiger partial charge in [0.05, 0.1) is 17.6 Å². The van der Waals surface area contributed by atoms with Gasteiger partial charge in [0.1, 0.15) is 0 Å². The summed E-state index contributed by atoms with van der Waals surface area (Å²) in [6.07, 6.45) is 2.75. The molecule has 0 atom stereocenters. The number of rotatable bonds is 5. The van der Waals surface area contributed by atoms with Crippen LogP contribution >= 0.6 is 0 Å². The largest absolute Gasteiger partial charge is 0.330 e. The Morgan fingerprint density at radius 1 is 1.15 bits per heavy atom. The summed E-state index contributed by atoms with van der Waals surface area (Å²) in [6.45, 7) is 7.57. The van der Waals surface area contributed by atoms with E-state index in [9.17, 15) is 0 Å². The first-order valence-electron chi connectivity index (χ1n) is 6.96. The van der Waals surface area contributed by atoms with Crippen LogP contribution in [0.2, 0.25) is 0 Å². The van der Waals surface area contributed by atoms with Crippen LogP contribution in [0.1, 0.15) is 23.4 Å². The Bertz CT molecular complexity index is 580. The van der Waals surface area contributed by atoms with E-state index in [4.69, 9.17) is 5.73 Å². The molecule has 2 aromatic rings. The SMILES string of the molecule is Cc1cccc(N(CCCN)c2cnc(C)c(C)n2)c1. The fraction of sp³-hybridized carbons (Fsp3) is 0.375. The van der Waals surface area contributed by atoms with E-state index in [1.54, 1.807) is 0 Å². The van der Waals surface area contributed by atoms with E-state index in [-0.39, 0.29) is 0 Å². The Morgan fingerprint density at radius 3 is 2.60 bits per heavy atom. The van der Waals surface area contributed by atoms with E-state index in [2.05, 4.69) is 46.1 Å². The molecule has 0 saturated heterocycles. The summed E-state index contributed by atoms with van der Waals surface area (Å²) in [6, 6.07) is 8.42. The van der Waals surface area contributed by atoms with Gasteiger partial charge in [0.15, 0.2) is 5.82 Å². The van der Waals surface area contributed by atoms with Gasteiger partial charge in [-0.1, -0.05) is 12.1 Å². The van der Waals surface area contributed by atoms with Crippen LogP contribution in [-0.4, -0.2) is 23.1 Å². The second kappa shape index (κ2) is 6.48. The highest BCUT2D eigenvalue weighted by atomic mass is 15.2. The third-order valence-corrected chi connectivity index (χ3v) is 3.36. The van der Waals surface area contributed by atoms with Gasteiger partial charge in [0.2, 0.25) is 0 Å². The minimum absolute atomic E-state index is 0.667. The predicted octanol–water partition coefficient (Wildman–Crippen LogP) is 2.89. The highest BCUT2D eigenvalue weighted by Gasteiger charge is 2.12. The molecule has 4 heteroatoms. The highest BCUT2D eigenvalue weighted by molar-refractivity contribution is 5.60. The van der Waals surface area contributed by atoms with Crippen molar-refractivity contribution in [3.63, 3.8) is 0 Å². The maximum atomic E-state index is 5.65. The molecule has 2 rings (SSSR count). The molecule has 0 aliphatic rings. The molecule has 2 N–H and O–H groups in total. The smallest absolute Gasteiger partial charge is 0.151 e. The van der Waals surface area contributed by atoms with Crippen molar-refractivity contribution in [1.82, 2.24) is 9.97 Å². The average Bonchev–Trinajstić information content (AvgIpc) is 2.43. The van der Waals surface area contributed by atoms with Gasteiger partial charge in [-0.2, -0.15) is 0 Å². The molecule has 0 aliphatic heterocycles. The molecule has 0 aliphatic carbocycles. The van der Waals surface area contributed by atoms with Crippen LogP contribution in [0.3, 0.4) is 0 Å². The lowest BCUT2D eigenvalue weighted by molar-refractivity contribution is 0.804. The Balaban J connectivity index is 2.38. The first-order valence-corrected chi connectivity index (χ1v) is 6.96. The van der Waals surface area contributed by atoms with Crippen LogP contribution in [0.4, 0.5) is 11.5 Å². The summed E-state index contributed by atoms with van der Waals surface area (Å²) in [5, 5.41) is 0. The van der Waals surface area contributed by atoms with E-state index in [1.165, 1.54) is 5.56 Å². The molecule has 0 spiro atoms. The zero-order valence-electron chi connectivity index (χ0n) is 12.4. The van der Waals surface area contributed by atoms with Crippen LogP contribution in [0.15, 0.2) is 30.5 Å². The average molecular weight is 270 g/mol. The van der Waals surface area contributed by atoms with Gasteiger partial charge in [0.25, 0.3) is 0 Å². The van der Waals surface area contributed by atoms with E-state index < -0.39 is 0 Å². The minimum atomic E-state index is 0.667. The molecule has 0 unspecified atom stereocenters. The number of aromatic nitrogens is 2. The maximum Gasteiger partial charge on any atom is 0.151 e. The lowest BCUT2D eigenvalue weighted by Crippen LogP contribution is -2.22. The van der Waals surface area contributed by atoms with Crippen molar-refractivity contribution in [2.45, 2.75) is 27.2 Å². The molecule has 1 aromatic carbocycles. The van der Waals surface area contributed by atoms with Crippen molar-refractivity contribution in [1.29, 1.82) is 0 Å². The third kappa shape index (κ3) is 3.33. The van der Waals surface area contributed by atoms with Crippen molar-refractivity contribution in [2.75, 3.05) is 18.0 Å². The molecule has 0 bridgehead atoms. The minimum Gasteiger partial charge on any atom is -0.330 e. The van der Waals surface area contributed by atoms with E-state index in [1.807, 2.05) is 20.0 Å². The lowest BCUT2D eigenvalue weighted by atomic mass is 10.2. The third-order valence-electron chi connectivity index (χ3n) is 3.36. The molecule has 0 fully saturated rings. The van der Waals surface area contributed by atoms with Gasteiger partial charge in [-0.25, -0.2) is 4.98 Å². The van der Waals surface area contributed by atoms with Crippen LogP contribution in [0, 0.1) is 20.8 Å². The number of aryl methyl sites for hydroxylation is 3. The number of nitrogens with zero attached hydrogens (tertiary/aromatic N) is 3. The van der Waals surface area contributed by atoms with Crippen LogP contribution < -0.4 is 10.6 Å². The Kier molecular flexibility index (Phi) is 4.69. The van der Waals surface area contributed by atoms with Crippen molar-refractivity contribution in [3.8, 4) is 0 Å². The lowest BCUT2D eigenvalue weighted by Gasteiger charge is -2.24. The monoisotopic (exact) mass is 270 g/mol. The molecule has 0 radical (unpaired) electrons. The first-order chi connectivity index (χ1) is 9.61. The zero-order valence-corrected chi connectivity index (χ0v) is 12.4. The predicted molar refractivity (Wildman–Crippen MR) is 83.4 cm³/mol. The summed E-state index contributed by atoms with van der Waals surface area (Å²) in [7, 11) is 0. The second-order valence-electron chi connectivity index (χ2n) is 5.03. The number of anilines is 2. The quantitative estimate of drug-likeness (QED) is 0.907.